The predicted octanol–water partition coefficient (Wildman–Crippen LogP) is 1.71. The lowest BCUT2D eigenvalue weighted by Crippen LogP contribution is -2.39. The van der Waals surface area contributed by atoms with Gasteiger partial charge >= 0.3 is 0 Å². The third-order valence-corrected chi connectivity index (χ3v) is 3.82. The fraction of sp³-hybridized carbons (Fsp3) is 0.562. The molecule has 2 rings (SSSR count). The topological polar surface area (TPSA) is 73.6 Å². The number of nitrogens with two attached hydrogens (primary N) is 1. The molecule has 0 spiro atoms. The molecule has 1 aromatic carbocycles. The van der Waals surface area contributed by atoms with Crippen LogP contribution < -0.4 is 20.5 Å². The Bertz CT molecular complexity index is 447. The minimum absolute atomic E-state index is 0.0646. The van der Waals surface area contributed by atoms with Crippen LogP contribution in [-0.2, 0) is 4.79 Å². The Labute approximate surface area is 125 Å². The van der Waals surface area contributed by atoms with Gasteiger partial charge in [0.1, 0.15) is 18.1 Å². The second-order valence-corrected chi connectivity index (χ2v) is 5.44. The van der Waals surface area contributed by atoms with E-state index in [1.54, 1.807) is 7.11 Å². The number of hydrogen-bond acceptors (Lipinski definition) is 4. The van der Waals surface area contributed by atoms with E-state index in [4.69, 9.17) is 15.2 Å². The Kier molecular flexibility index (Phi) is 5.87. The summed E-state index contributed by atoms with van der Waals surface area (Å²) in [7, 11) is 1.63. The number of amides is 1. The summed E-state index contributed by atoms with van der Waals surface area (Å²) in [6, 6.07) is 7.56. The second kappa shape index (κ2) is 7.88. The second-order valence-electron chi connectivity index (χ2n) is 5.44. The molecule has 3 N–H and O–H groups in total. The minimum atomic E-state index is 0.0646. The van der Waals surface area contributed by atoms with Crippen LogP contribution in [-0.4, -0.2) is 32.2 Å². The first kappa shape index (κ1) is 15.6. The number of ether oxygens (including phenoxy) is 2. The fourth-order valence-corrected chi connectivity index (χ4v) is 2.63. The highest BCUT2D eigenvalue weighted by Crippen LogP contribution is 2.23. The molecule has 1 aliphatic rings. The third-order valence-electron chi connectivity index (χ3n) is 3.82. The van der Waals surface area contributed by atoms with E-state index >= 15 is 0 Å². The molecular formula is C16H24N2O3. The van der Waals surface area contributed by atoms with Crippen molar-refractivity contribution in [2.75, 3.05) is 20.3 Å². The summed E-state index contributed by atoms with van der Waals surface area (Å²) in [5, 5.41) is 2.92. The first-order valence-electron chi connectivity index (χ1n) is 7.49. The number of carbonyl (C=O) groups is 1. The van der Waals surface area contributed by atoms with Crippen molar-refractivity contribution >= 4 is 5.91 Å². The third kappa shape index (κ3) is 4.93. The van der Waals surface area contributed by atoms with Gasteiger partial charge in [-0.3, -0.25) is 4.79 Å². The van der Waals surface area contributed by atoms with Crippen LogP contribution >= 0.6 is 0 Å². The van der Waals surface area contributed by atoms with E-state index in [0.29, 0.717) is 13.2 Å². The molecule has 0 radical (unpaired) electrons. The maximum Gasteiger partial charge on any atom is 0.223 e. The summed E-state index contributed by atoms with van der Waals surface area (Å²) >= 11 is 0. The number of carbonyl (C=O) groups excluding carboxylic acids is 1. The molecule has 1 fully saturated rings. The molecule has 116 valence electrons. The summed E-state index contributed by atoms with van der Waals surface area (Å²) in [5.41, 5.74) is 5.90. The smallest absolute Gasteiger partial charge is 0.223 e. The molecule has 0 aromatic heterocycles. The fourth-order valence-electron chi connectivity index (χ4n) is 2.63. The first-order valence-corrected chi connectivity index (χ1v) is 7.49. The van der Waals surface area contributed by atoms with E-state index in [1.165, 1.54) is 0 Å². The van der Waals surface area contributed by atoms with Gasteiger partial charge in [-0.1, -0.05) is 6.42 Å². The van der Waals surface area contributed by atoms with Crippen LogP contribution in [0.4, 0.5) is 0 Å². The SMILES string of the molecule is COc1ccc(OCCNC(=O)C2CCCC(N)C2)cc1. The zero-order valence-electron chi connectivity index (χ0n) is 12.5. The summed E-state index contributed by atoms with van der Waals surface area (Å²) in [6.07, 6.45) is 3.82. The average Bonchev–Trinajstić information content (AvgIpc) is 2.52. The maximum absolute atomic E-state index is 12.0. The van der Waals surface area contributed by atoms with Crippen molar-refractivity contribution in [3.8, 4) is 11.5 Å². The van der Waals surface area contributed by atoms with Crippen LogP contribution in [0.25, 0.3) is 0 Å². The number of benzene rings is 1. The van der Waals surface area contributed by atoms with Gasteiger partial charge in [-0.25, -0.2) is 0 Å². The molecule has 1 aromatic rings. The zero-order valence-corrected chi connectivity index (χ0v) is 12.5. The Morgan fingerprint density at radius 3 is 2.67 bits per heavy atom. The average molecular weight is 292 g/mol. The van der Waals surface area contributed by atoms with Gasteiger partial charge < -0.3 is 20.5 Å². The molecular weight excluding hydrogens is 268 g/mol. The molecule has 0 bridgehead atoms. The number of methoxy groups -OCH3 is 1. The summed E-state index contributed by atoms with van der Waals surface area (Å²) in [5.74, 6) is 1.73. The largest absolute Gasteiger partial charge is 0.497 e. The molecule has 5 nitrogen and oxygen atoms in total. The molecule has 5 heteroatoms. The highest BCUT2D eigenvalue weighted by molar-refractivity contribution is 5.78. The minimum Gasteiger partial charge on any atom is -0.497 e. The van der Waals surface area contributed by atoms with Crippen molar-refractivity contribution in [1.29, 1.82) is 0 Å². The molecule has 2 atom stereocenters. The van der Waals surface area contributed by atoms with Crippen LogP contribution in [0.5, 0.6) is 11.5 Å². The molecule has 1 saturated carbocycles. The van der Waals surface area contributed by atoms with Crippen molar-refractivity contribution in [2.24, 2.45) is 11.7 Å². The lowest BCUT2D eigenvalue weighted by molar-refractivity contribution is -0.126. The standard InChI is InChI=1S/C16H24N2O3/c1-20-14-5-7-15(8-6-14)21-10-9-18-16(19)12-3-2-4-13(17)11-12/h5-8,12-13H,2-4,9-11,17H2,1H3,(H,18,19). The van der Waals surface area contributed by atoms with Gasteiger partial charge in [-0.2, -0.15) is 0 Å². The quantitative estimate of drug-likeness (QED) is 0.783. The maximum atomic E-state index is 12.0. The van der Waals surface area contributed by atoms with Gasteiger partial charge in [-0.05, 0) is 43.5 Å². The van der Waals surface area contributed by atoms with Crippen molar-refractivity contribution < 1.29 is 14.3 Å². The Morgan fingerprint density at radius 2 is 2.00 bits per heavy atom. The normalized spacial score (nSPS) is 21.6. The highest BCUT2D eigenvalue weighted by Gasteiger charge is 2.24. The Hall–Kier alpha value is -1.75. The molecule has 1 amide bonds. The van der Waals surface area contributed by atoms with E-state index in [-0.39, 0.29) is 17.9 Å². The van der Waals surface area contributed by atoms with Crippen LogP contribution in [0.15, 0.2) is 24.3 Å². The van der Waals surface area contributed by atoms with Gasteiger partial charge in [0.15, 0.2) is 0 Å². The van der Waals surface area contributed by atoms with E-state index < -0.39 is 0 Å². The van der Waals surface area contributed by atoms with E-state index in [2.05, 4.69) is 5.32 Å². The van der Waals surface area contributed by atoms with Gasteiger partial charge in [0.2, 0.25) is 5.91 Å². The predicted molar refractivity (Wildman–Crippen MR) is 81.4 cm³/mol. The Morgan fingerprint density at radius 1 is 1.29 bits per heavy atom. The van der Waals surface area contributed by atoms with Crippen molar-refractivity contribution in [1.82, 2.24) is 5.32 Å². The summed E-state index contributed by atoms with van der Waals surface area (Å²) in [6.45, 7) is 0.966. The highest BCUT2D eigenvalue weighted by atomic mass is 16.5. The van der Waals surface area contributed by atoms with E-state index in [0.717, 1.165) is 37.2 Å². The molecule has 0 aliphatic heterocycles. The zero-order chi connectivity index (χ0) is 15.1. The summed E-state index contributed by atoms with van der Waals surface area (Å²) < 4.78 is 10.6. The molecule has 0 saturated heterocycles. The first-order chi connectivity index (χ1) is 10.2. The van der Waals surface area contributed by atoms with Gasteiger partial charge in [-0.15, -0.1) is 0 Å². The van der Waals surface area contributed by atoms with Crippen molar-refractivity contribution in [2.45, 2.75) is 31.7 Å². The van der Waals surface area contributed by atoms with Crippen LogP contribution in [0.1, 0.15) is 25.7 Å². The molecule has 1 aliphatic carbocycles. The van der Waals surface area contributed by atoms with E-state index in [1.807, 2.05) is 24.3 Å². The van der Waals surface area contributed by atoms with Gasteiger partial charge in [0.25, 0.3) is 0 Å². The van der Waals surface area contributed by atoms with E-state index in [9.17, 15) is 4.79 Å². The lowest BCUT2D eigenvalue weighted by atomic mass is 9.85. The van der Waals surface area contributed by atoms with Crippen molar-refractivity contribution in [3.05, 3.63) is 24.3 Å². The van der Waals surface area contributed by atoms with Crippen molar-refractivity contribution in [3.63, 3.8) is 0 Å². The van der Waals surface area contributed by atoms with Crippen LogP contribution in [0.3, 0.4) is 0 Å². The lowest BCUT2D eigenvalue weighted by Gasteiger charge is -2.25. The Balaban J connectivity index is 1.65. The van der Waals surface area contributed by atoms with Gasteiger partial charge in [0, 0.05) is 12.0 Å². The monoisotopic (exact) mass is 292 g/mol. The molecule has 21 heavy (non-hydrogen) atoms. The number of nitrogens with one attached hydrogen (secondary N) is 1. The van der Waals surface area contributed by atoms with Crippen LogP contribution in [0.2, 0.25) is 0 Å². The van der Waals surface area contributed by atoms with Crippen LogP contribution in [0, 0.1) is 5.92 Å². The van der Waals surface area contributed by atoms with Gasteiger partial charge in [0.05, 0.1) is 13.7 Å². The number of rotatable bonds is 6. The molecule has 2 unspecified atom stereocenters. The summed E-state index contributed by atoms with van der Waals surface area (Å²) in [4.78, 5) is 12.0. The molecule has 0 heterocycles. The number of hydrogen-bond donors (Lipinski definition) is 2.